The van der Waals surface area contributed by atoms with Gasteiger partial charge in [-0.3, -0.25) is 9.59 Å². The first kappa shape index (κ1) is 26.1. The summed E-state index contributed by atoms with van der Waals surface area (Å²) in [7, 11) is 1.65. The van der Waals surface area contributed by atoms with Crippen LogP contribution in [0.2, 0.25) is 0 Å². The Morgan fingerprint density at radius 2 is 0.963 bits per heavy atom. The smallest absolute Gasteiger partial charge is 0.327 e. The molecule has 0 saturated heterocycles. The van der Waals surface area contributed by atoms with Crippen LogP contribution in [0.5, 0.6) is 0 Å². The second kappa shape index (κ2) is 21.4. The molecule has 0 unspecified atom stereocenters. The van der Waals surface area contributed by atoms with Gasteiger partial charge >= 0.3 is 11.9 Å². The first-order valence-corrected chi connectivity index (χ1v) is 11.6. The standard InChI is InChI=1S/C23H45NO3/c1-3-4-5-6-7-8-9-10-11-12-13-14-15-16-17-18-19-20-22(25)27-23(26)21-24-2/h24H,3-21H2,1-2H3. The van der Waals surface area contributed by atoms with Crippen LogP contribution in [-0.4, -0.2) is 25.5 Å². The van der Waals surface area contributed by atoms with E-state index in [2.05, 4.69) is 17.0 Å². The summed E-state index contributed by atoms with van der Waals surface area (Å²) in [5, 5.41) is 2.67. The van der Waals surface area contributed by atoms with Gasteiger partial charge in [-0.05, 0) is 13.5 Å². The van der Waals surface area contributed by atoms with E-state index in [1.165, 1.54) is 96.3 Å². The lowest BCUT2D eigenvalue weighted by Crippen LogP contribution is -2.23. The number of ether oxygens (including phenoxy) is 1. The van der Waals surface area contributed by atoms with Crippen molar-refractivity contribution in [1.29, 1.82) is 0 Å². The molecule has 0 rings (SSSR count). The maximum absolute atomic E-state index is 11.4. The summed E-state index contributed by atoms with van der Waals surface area (Å²) in [5.41, 5.74) is 0. The summed E-state index contributed by atoms with van der Waals surface area (Å²) in [6.07, 6.45) is 22.8. The molecule has 0 aromatic carbocycles. The van der Waals surface area contributed by atoms with E-state index in [-0.39, 0.29) is 6.54 Å². The van der Waals surface area contributed by atoms with Crippen molar-refractivity contribution in [2.24, 2.45) is 0 Å². The van der Waals surface area contributed by atoms with Crippen LogP contribution in [0.3, 0.4) is 0 Å². The van der Waals surface area contributed by atoms with Gasteiger partial charge in [-0.25, -0.2) is 0 Å². The highest BCUT2D eigenvalue weighted by molar-refractivity contribution is 5.86. The third-order valence-electron chi connectivity index (χ3n) is 5.03. The Balaban J connectivity index is 3.14. The molecule has 27 heavy (non-hydrogen) atoms. The van der Waals surface area contributed by atoms with E-state index in [0.717, 1.165) is 12.8 Å². The van der Waals surface area contributed by atoms with Gasteiger partial charge in [0.2, 0.25) is 0 Å². The normalized spacial score (nSPS) is 10.9. The Bertz CT molecular complexity index is 345. The zero-order valence-corrected chi connectivity index (χ0v) is 18.2. The van der Waals surface area contributed by atoms with Gasteiger partial charge in [0.25, 0.3) is 0 Å². The number of carbonyl (C=O) groups excluding carboxylic acids is 2. The van der Waals surface area contributed by atoms with Crippen molar-refractivity contribution in [3.8, 4) is 0 Å². The number of hydrogen-bond donors (Lipinski definition) is 1. The van der Waals surface area contributed by atoms with Crippen molar-refractivity contribution in [3.05, 3.63) is 0 Å². The fourth-order valence-electron chi connectivity index (χ4n) is 3.35. The van der Waals surface area contributed by atoms with Crippen molar-refractivity contribution >= 4 is 11.9 Å². The number of nitrogens with one attached hydrogen (secondary N) is 1. The Morgan fingerprint density at radius 1 is 0.593 bits per heavy atom. The van der Waals surface area contributed by atoms with Gasteiger partial charge in [0, 0.05) is 6.42 Å². The van der Waals surface area contributed by atoms with Crippen molar-refractivity contribution in [2.45, 2.75) is 122 Å². The Labute approximate surface area is 168 Å². The fourth-order valence-corrected chi connectivity index (χ4v) is 3.35. The summed E-state index contributed by atoms with van der Waals surface area (Å²) in [6.45, 7) is 2.36. The third-order valence-corrected chi connectivity index (χ3v) is 5.03. The molecular weight excluding hydrogens is 338 g/mol. The molecule has 160 valence electrons. The van der Waals surface area contributed by atoms with E-state index in [4.69, 9.17) is 0 Å². The Kier molecular flexibility index (Phi) is 20.7. The summed E-state index contributed by atoms with van der Waals surface area (Å²) in [4.78, 5) is 22.5. The Morgan fingerprint density at radius 3 is 1.33 bits per heavy atom. The summed E-state index contributed by atoms with van der Waals surface area (Å²) in [5.74, 6) is -0.884. The molecule has 0 bridgehead atoms. The second-order valence-electron chi connectivity index (χ2n) is 7.78. The highest BCUT2D eigenvalue weighted by Gasteiger charge is 2.08. The molecule has 0 atom stereocenters. The molecule has 0 aromatic heterocycles. The van der Waals surface area contributed by atoms with Crippen molar-refractivity contribution < 1.29 is 14.3 Å². The first-order valence-electron chi connectivity index (χ1n) is 11.6. The molecule has 0 amide bonds. The molecular formula is C23H45NO3. The van der Waals surface area contributed by atoms with Gasteiger partial charge in [0.1, 0.15) is 0 Å². The molecule has 0 heterocycles. The maximum atomic E-state index is 11.4. The zero-order valence-electron chi connectivity index (χ0n) is 18.2. The molecule has 4 heteroatoms. The lowest BCUT2D eigenvalue weighted by Gasteiger charge is -2.04. The average Bonchev–Trinajstić information content (AvgIpc) is 2.64. The van der Waals surface area contributed by atoms with Crippen LogP contribution in [0.15, 0.2) is 0 Å². The lowest BCUT2D eigenvalue weighted by atomic mass is 10.0. The summed E-state index contributed by atoms with van der Waals surface area (Å²) in [6, 6.07) is 0. The molecule has 1 N–H and O–H groups in total. The number of unbranched alkanes of at least 4 members (excludes halogenated alkanes) is 16. The predicted octanol–water partition coefficient (Wildman–Crippen LogP) is 6.32. The fraction of sp³-hybridized carbons (Fsp3) is 0.913. The minimum atomic E-state index is -0.491. The number of carbonyl (C=O) groups is 2. The number of hydrogen-bond acceptors (Lipinski definition) is 4. The SMILES string of the molecule is CCCCCCCCCCCCCCCCCCCC(=O)OC(=O)CNC. The van der Waals surface area contributed by atoms with Crippen LogP contribution in [-0.2, 0) is 14.3 Å². The van der Waals surface area contributed by atoms with Crippen molar-refractivity contribution in [3.63, 3.8) is 0 Å². The number of esters is 2. The molecule has 0 spiro atoms. The maximum Gasteiger partial charge on any atom is 0.327 e. The predicted molar refractivity (Wildman–Crippen MR) is 114 cm³/mol. The van der Waals surface area contributed by atoms with E-state index >= 15 is 0 Å². The van der Waals surface area contributed by atoms with Gasteiger partial charge in [-0.15, -0.1) is 0 Å². The summed E-state index contributed by atoms with van der Waals surface area (Å²) >= 11 is 0. The highest BCUT2D eigenvalue weighted by Crippen LogP contribution is 2.14. The molecule has 0 fully saturated rings. The van der Waals surface area contributed by atoms with E-state index in [0.29, 0.717) is 6.42 Å². The second-order valence-corrected chi connectivity index (χ2v) is 7.78. The topological polar surface area (TPSA) is 55.4 Å². The van der Waals surface area contributed by atoms with Gasteiger partial charge in [0.05, 0.1) is 6.54 Å². The van der Waals surface area contributed by atoms with Crippen LogP contribution in [0, 0.1) is 0 Å². The van der Waals surface area contributed by atoms with E-state index < -0.39 is 11.9 Å². The molecule has 0 aliphatic heterocycles. The first-order chi connectivity index (χ1) is 13.2. The van der Waals surface area contributed by atoms with E-state index in [9.17, 15) is 9.59 Å². The van der Waals surface area contributed by atoms with Crippen molar-refractivity contribution in [2.75, 3.05) is 13.6 Å². The van der Waals surface area contributed by atoms with Gasteiger partial charge < -0.3 is 10.1 Å². The van der Waals surface area contributed by atoms with E-state index in [1.807, 2.05) is 0 Å². The third kappa shape index (κ3) is 21.3. The largest absolute Gasteiger partial charge is 0.392 e. The molecule has 0 saturated carbocycles. The minimum Gasteiger partial charge on any atom is -0.392 e. The van der Waals surface area contributed by atoms with Crippen LogP contribution in [0.4, 0.5) is 0 Å². The molecule has 0 aromatic rings. The van der Waals surface area contributed by atoms with E-state index in [1.54, 1.807) is 7.05 Å². The van der Waals surface area contributed by atoms with Crippen LogP contribution >= 0.6 is 0 Å². The molecule has 0 aliphatic rings. The highest BCUT2D eigenvalue weighted by atomic mass is 16.6. The molecule has 0 aliphatic carbocycles. The number of rotatable bonds is 20. The number of likely N-dealkylation sites (N-methyl/N-ethyl adjacent to an activating group) is 1. The average molecular weight is 384 g/mol. The quantitative estimate of drug-likeness (QED) is 0.152. The zero-order chi connectivity index (χ0) is 20.0. The Hall–Kier alpha value is -0.900. The van der Waals surface area contributed by atoms with Crippen LogP contribution in [0.1, 0.15) is 122 Å². The van der Waals surface area contributed by atoms with Gasteiger partial charge in [-0.2, -0.15) is 0 Å². The lowest BCUT2D eigenvalue weighted by molar-refractivity contribution is -0.158. The van der Waals surface area contributed by atoms with Crippen LogP contribution < -0.4 is 5.32 Å². The van der Waals surface area contributed by atoms with Crippen LogP contribution in [0.25, 0.3) is 0 Å². The van der Waals surface area contributed by atoms with Gasteiger partial charge in [0.15, 0.2) is 0 Å². The summed E-state index contributed by atoms with van der Waals surface area (Å²) < 4.78 is 4.68. The molecule has 0 radical (unpaired) electrons. The van der Waals surface area contributed by atoms with Gasteiger partial charge in [-0.1, -0.05) is 110 Å². The van der Waals surface area contributed by atoms with Crippen molar-refractivity contribution in [1.82, 2.24) is 5.32 Å². The molecule has 4 nitrogen and oxygen atoms in total. The monoisotopic (exact) mass is 383 g/mol. The minimum absolute atomic E-state index is 0.0881.